The Morgan fingerprint density at radius 1 is 1.03 bits per heavy atom. The van der Waals surface area contributed by atoms with Crippen LogP contribution < -0.4 is 5.32 Å². The molecule has 1 amide bonds. The van der Waals surface area contributed by atoms with Crippen LogP contribution in [0.4, 0.5) is 4.79 Å². The lowest BCUT2D eigenvalue weighted by molar-refractivity contribution is 0.143. The summed E-state index contributed by atoms with van der Waals surface area (Å²) in [7, 11) is 0. The van der Waals surface area contributed by atoms with Crippen LogP contribution in [0.5, 0.6) is 5.75 Å². The third kappa shape index (κ3) is 4.41. The molecular weight excluding hydrogens is 442 g/mol. The predicted molar refractivity (Wildman–Crippen MR) is 123 cm³/mol. The molecule has 0 heterocycles. The van der Waals surface area contributed by atoms with Crippen LogP contribution >= 0.6 is 15.9 Å². The lowest BCUT2D eigenvalue weighted by Gasteiger charge is -2.14. The summed E-state index contributed by atoms with van der Waals surface area (Å²) in [6, 6.07) is 21.9. The minimum Gasteiger partial charge on any atom is -0.507 e. The van der Waals surface area contributed by atoms with E-state index in [1.165, 1.54) is 22.3 Å². The summed E-state index contributed by atoms with van der Waals surface area (Å²) in [5.41, 5.74) is 5.55. The third-order valence-corrected chi connectivity index (χ3v) is 5.71. The zero-order valence-electron chi connectivity index (χ0n) is 16.3. The Balaban J connectivity index is 1.28. The van der Waals surface area contributed by atoms with Gasteiger partial charge in [-0.3, -0.25) is 0 Å². The number of rotatable bonds is 6. The van der Waals surface area contributed by atoms with Crippen molar-refractivity contribution >= 4 is 28.1 Å². The van der Waals surface area contributed by atoms with Gasteiger partial charge in [-0.1, -0.05) is 82.7 Å². The van der Waals surface area contributed by atoms with Gasteiger partial charge in [-0.2, -0.15) is 0 Å². The lowest BCUT2D eigenvalue weighted by atomic mass is 9.98. The molecule has 0 saturated heterocycles. The summed E-state index contributed by atoms with van der Waals surface area (Å²) in [4.78, 5) is 12.1. The molecule has 0 unspecified atom stereocenters. The minimum absolute atomic E-state index is 0.0587. The maximum Gasteiger partial charge on any atom is 0.407 e. The fraction of sp³-hybridized carbons (Fsp3) is 0.160. The van der Waals surface area contributed by atoms with Crippen molar-refractivity contribution in [1.82, 2.24) is 5.32 Å². The smallest absolute Gasteiger partial charge is 0.407 e. The SMILES string of the molecule is O=C(NCCC=Cc1ccc(Br)cc1O)OCC1c2ccccc2-c2ccccc21. The van der Waals surface area contributed by atoms with Crippen molar-refractivity contribution in [3.05, 3.63) is 94.0 Å². The first-order valence-electron chi connectivity index (χ1n) is 9.87. The minimum atomic E-state index is -0.420. The molecule has 0 bridgehead atoms. The number of nitrogens with one attached hydrogen (secondary N) is 1. The van der Waals surface area contributed by atoms with Crippen LogP contribution in [0.3, 0.4) is 0 Å². The molecule has 0 aliphatic heterocycles. The number of ether oxygens (including phenoxy) is 1. The fourth-order valence-corrected chi connectivity index (χ4v) is 4.12. The molecule has 0 atom stereocenters. The summed E-state index contributed by atoms with van der Waals surface area (Å²) < 4.78 is 6.35. The maximum atomic E-state index is 12.1. The summed E-state index contributed by atoms with van der Waals surface area (Å²) >= 11 is 3.32. The number of hydrogen-bond donors (Lipinski definition) is 2. The molecule has 152 valence electrons. The highest BCUT2D eigenvalue weighted by Crippen LogP contribution is 2.44. The second-order valence-corrected chi connectivity index (χ2v) is 8.06. The van der Waals surface area contributed by atoms with E-state index in [-0.39, 0.29) is 11.7 Å². The van der Waals surface area contributed by atoms with Gasteiger partial charge in [0, 0.05) is 22.5 Å². The summed E-state index contributed by atoms with van der Waals surface area (Å²) in [5.74, 6) is 0.272. The van der Waals surface area contributed by atoms with Crippen molar-refractivity contribution in [3.8, 4) is 16.9 Å². The molecule has 0 aromatic heterocycles. The van der Waals surface area contributed by atoms with E-state index >= 15 is 0 Å². The Morgan fingerprint density at radius 3 is 2.37 bits per heavy atom. The van der Waals surface area contributed by atoms with E-state index in [4.69, 9.17) is 4.74 Å². The average molecular weight is 464 g/mol. The number of hydrogen-bond acceptors (Lipinski definition) is 3. The second kappa shape index (κ2) is 9.18. The standard InChI is InChI=1S/C25H22BrNO3/c26-18-13-12-17(24(28)15-18)7-5-6-14-27-25(29)30-16-23-21-10-3-1-8-19(21)20-9-2-4-11-22(20)23/h1-5,7-13,15,23,28H,6,14,16H2,(H,27,29). The number of amides is 1. The van der Waals surface area contributed by atoms with Crippen molar-refractivity contribution in [2.45, 2.75) is 12.3 Å². The molecule has 4 nitrogen and oxygen atoms in total. The number of carbonyl (C=O) groups excluding carboxylic acids is 1. The van der Waals surface area contributed by atoms with Gasteiger partial charge < -0.3 is 15.2 Å². The molecule has 0 saturated carbocycles. The summed E-state index contributed by atoms with van der Waals surface area (Å²) in [5, 5.41) is 12.7. The Hall–Kier alpha value is -3.05. The fourth-order valence-electron chi connectivity index (χ4n) is 3.78. The van der Waals surface area contributed by atoms with Crippen LogP contribution in [0.15, 0.2) is 77.3 Å². The lowest BCUT2D eigenvalue weighted by Crippen LogP contribution is -2.26. The third-order valence-electron chi connectivity index (χ3n) is 5.21. The highest BCUT2D eigenvalue weighted by atomic mass is 79.9. The molecule has 0 fully saturated rings. The van der Waals surface area contributed by atoms with E-state index in [2.05, 4.69) is 45.5 Å². The van der Waals surface area contributed by atoms with Crippen LogP contribution in [0, 0.1) is 0 Å². The molecule has 1 aliphatic carbocycles. The molecule has 3 aromatic carbocycles. The van der Waals surface area contributed by atoms with Crippen LogP contribution in [-0.4, -0.2) is 24.4 Å². The van der Waals surface area contributed by atoms with Crippen molar-refractivity contribution in [1.29, 1.82) is 0 Å². The van der Waals surface area contributed by atoms with Gasteiger partial charge in [0.25, 0.3) is 0 Å². The second-order valence-electron chi connectivity index (χ2n) is 7.15. The van der Waals surface area contributed by atoms with Crippen LogP contribution in [0.2, 0.25) is 0 Å². The van der Waals surface area contributed by atoms with E-state index < -0.39 is 6.09 Å². The molecule has 30 heavy (non-hydrogen) atoms. The van der Waals surface area contributed by atoms with Crippen molar-refractivity contribution in [2.24, 2.45) is 0 Å². The molecule has 0 radical (unpaired) electrons. The van der Waals surface area contributed by atoms with Crippen LogP contribution in [0.25, 0.3) is 17.2 Å². The number of carbonyl (C=O) groups is 1. The Bertz CT molecular complexity index is 1050. The summed E-state index contributed by atoms with van der Waals surface area (Å²) in [6.45, 7) is 0.771. The van der Waals surface area contributed by atoms with Crippen LogP contribution in [0.1, 0.15) is 29.0 Å². The topological polar surface area (TPSA) is 58.6 Å². The number of phenols is 1. The molecule has 4 rings (SSSR count). The van der Waals surface area contributed by atoms with Gasteiger partial charge in [0.1, 0.15) is 12.4 Å². The van der Waals surface area contributed by atoms with E-state index in [0.29, 0.717) is 19.6 Å². The number of phenolic OH excluding ortho intramolecular Hbond substituents is 1. The van der Waals surface area contributed by atoms with Gasteiger partial charge in [-0.05, 0) is 40.8 Å². The summed E-state index contributed by atoms with van der Waals surface area (Å²) in [6.07, 6.45) is 3.96. The molecule has 3 aromatic rings. The number of halogens is 1. The van der Waals surface area contributed by atoms with Gasteiger partial charge in [0.05, 0.1) is 0 Å². The maximum absolute atomic E-state index is 12.1. The van der Waals surface area contributed by atoms with E-state index in [9.17, 15) is 9.90 Å². The number of alkyl carbamates (subject to hydrolysis) is 1. The molecule has 5 heteroatoms. The first-order valence-corrected chi connectivity index (χ1v) is 10.7. The normalized spacial score (nSPS) is 12.6. The molecule has 1 aliphatic rings. The van der Waals surface area contributed by atoms with Crippen molar-refractivity contribution < 1.29 is 14.6 Å². The van der Waals surface area contributed by atoms with Crippen molar-refractivity contribution in [2.75, 3.05) is 13.2 Å². The number of fused-ring (bicyclic) bond motifs is 3. The van der Waals surface area contributed by atoms with E-state index in [0.717, 1.165) is 10.0 Å². The Kier molecular flexibility index (Phi) is 6.19. The van der Waals surface area contributed by atoms with E-state index in [1.54, 1.807) is 6.07 Å². The molecule has 2 N–H and O–H groups in total. The van der Waals surface area contributed by atoms with Gasteiger partial charge in [0.15, 0.2) is 0 Å². The quantitative estimate of drug-likeness (QED) is 0.434. The average Bonchev–Trinajstić information content (AvgIpc) is 3.07. The molecular formula is C25H22BrNO3. The predicted octanol–water partition coefficient (Wildman–Crippen LogP) is 6.10. The zero-order chi connectivity index (χ0) is 20.9. The Labute approximate surface area is 184 Å². The highest BCUT2D eigenvalue weighted by molar-refractivity contribution is 9.10. The van der Waals surface area contributed by atoms with E-state index in [1.807, 2.05) is 48.6 Å². The first-order chi connectivity index (χ1) is 14.6. The zero-order valence-corrected chi connectivity index (χ0v) is 17.9. The first kappa shape index (κ1) is 20.2. The van der Waals surface area contributed by atoms with Gasteiger partial charge in [-0.15, -0.1) is 0 Å². The monoisotopic (exact) mass is 463 g/mol. The number of benzene rings is 3. The van der Waals surface area contributed by atoms with Gasteiger partial charge in [0.2, 0.25) is 0 Å². The van der Waals surface area contributed by atoms with Gasteiger partial charge in [-0.25, -0.2) is 4.79 Å². The van der Waals surface area contributed by atoms with Crippen LogP contribution in [-0.2, 0) is 4.74 Å². The largest absolute Gasteiger partial charge is 0.507 e. The Morgan fingerprint density at radius 2 is 1.70 bits per heavy atom. The highest BCUT2D eigenvalue weighted by Gasteiger charge is 2.28. The number of aromatic hydroxyl groups is 1. The van der Waals surface area contributed by atoms with Gasteiger partial charge >= 0.3 is 6.09 Å². The molecule has 0 spiro atoms. The van der Waals surface area contributed by atoms with Crippen molar-refractivity contribution in [3.63, 3.8) is 0 Å².